The van der Waals surface area contributed by atoms with E-state index in [4.69, 9.17) is 4.74 Å². The zero-order chi connectivity index (χ0) is 14.8. The Balaban J connectivity index is 2.42. The lowest BCUT2D eigenvalue weighted by Crippen LogP contribution is -2.25. The van der Waals surface area contributed by atoms with Gasteiger partial charge in [-0.05, 0) is 36.1 Å². The number of carbonyl (C=O) groups is 1. The van der Waals surface area contributed by atoms with E-state index in [1.165, 1.54) is 0 Å². The molecule has 0 bridgehead atoms. The van der Waals surface area contributed by atoms with Gasteiger partial charge in [0.1, 0.15) is 5.75 Å². The van der Waals surface area contributed by atoms with Crippen molar-refractivity contribution < 1.29 is 9.53 Å². The first-order valence-electron chi connectivity index (χ1n) is 7.30. The highest BCUT2D eigenvalue weighted by molar-refractivity contribution is 5.91. The van der Waals surface area contributed by atoms with Crippen molar-refractivity contribution in [3.05, 3.63) is 35.9 Å². The molecule has 0 atom stereocenters. The van der Waals surface area contributed by atoms with Crippen molar-refractivity contribution in [2.75, 3.05) is 13.2 Å². The second-order valence-corrected chi connectivity index (χ2v) is 5.24. The Morgan fingerprint density at radius 1 is 1.30 bits per heavy atom. The van der Waals surface area contributed by atoms with Gasteiger partial charge in [0, 0.05) is 12.6 Å². The van der Waals surface area contributed by atoms with Gasteiger partial charge in [0.15, 0.2) is 0 Å². The van der Waals surface area contributed by atoms with Gasteiger partial charge in [-0.2, -0.15) is 0 Å². The molecule has 110 valence electrons. The van der Waals surface area contributed by atoms with Crippen molar-refractivity contribution in [3.63, 3.8) is 0 Å². The van der Waals surface area contributed by atoms with Crippen molar-refractivity contribution in [3.8, 4) is 5.75 Å². The fourth-order valence-corrected chi connectivity index (χ4v) is 1.55. The molecule has 1 aromatic rings. The zero-order valence-electron chi connectivity index (χ0n) is 12.7. The SMILES string of the molecule is CCCCOc1ccc(/C=C/C(=O)NCC(C)C)cc1. The lowest BCUT2D eigenvalue weighted by molar-refractivity contribution is -0.116. The van der Waals surface area contributed by atoms with Crippen LogP contribution >= 0.6 is 0 Å². The summed E-state index contributed by atoms with van der Waals surface area (Å²) in [4.78, 5) is 11.5. The van der Waals surface area contributed by atoms with Crippen LogP contribution in [-0.2, 0) is 4.79 Å². The fourth-order valence-electron chi connectivity index (χ4n) is 1.55. The van der Waals surface area contributed by atoms with E-state index in [9.17, 15) is 4.79 Å². The monoisotopic (exact) mass is 275 g/mol. The van der Waals surface area contributed by atoms with Gasteiger partial charge in [0.05, 0.1) is 6.61 Å². The van der Waals surface area contributed by atoms with E-state index in [-0.39, 0.29) is 5.91 Å². The number of rotatable bonds is 8. The molecular weight excluding hydrogens is 250 g/mol. The summed E-state index contributed by atoms with van der Waals surface area (Å²) in [6.07, 6.45) is 5.57. The van der Waals surface area contributed by atoms with Crippen LogP contribution in [0.3, 0.4) is 0 Å². The molecule has 0 aliphatic heterocycles. The van der Waals surface area contributed by atoms with Gasteiger partial charge >= 0.3 is 0 Å². The Bertz CT molecular complexity index is 421. The molecule has 0 radical (unpaired) electrons. The highest BCUT2D eigenvalue weighted by Gasteiger charge is 1.98. The predicted molar refractivity (Wildman–Crippen MR) is 83.7 cm³/mol. The van der Waals surface area contributed by atoms with Gasteiger partial charge in [0.2, 0.25) is 5.91 Å². The van der Waals surface area contributed by atoms with E-state index in [0.29, 0.717) is 12.5 Å². The molecule has 3 heteroatoms. The van der Waals surface area contributed by atoms with Gasteiger partial charge in [-0.1, -0.05) is 39.3 Å². The third-order valence-corrected chi connectivity index (χ3v) is 2.76. The number of nitrogens with one attached hydrogen (secondary N) is 1. The van der Waals surface area contributed by atoms with Gasteiger partial charge in [0.25, 0.3) is 0 Å². The Kier molecular flexibility index (Phi) is 7.48. The largest absolute Gasteiger partial charge is 0.494 e. The van der Waals surface area contributed by atoms with Crippen molar-refractivity contribution in [2.45, 2.75) is 33.6 Å². The van der Waals surface area contributed by atoms with E-state index in [0.717, 1.165) is 30.8 Å². The van der Waals surface area contributed by atoms with Crippen LogP contribution < -0.4 is 10.1 Å². The highest BCUT2D eigenvalue weighted by Crippen LogP contribution is 2.13. The van der Waals surface area contributed by atoms with Gasteiger partial charge < -0.3 is 10.1 Å². The maximum Gasteiger partial charge on any atom is 0.244 e. The smallest absolute Gasteiger partial charge is 0.244 e. The number of carbonyl (C=O) groups excluding carboxylic acids is 1. The summed E-state index contributed by atoms with van der Waals surface area (Å²) in [5.41, 5.74) is 0.993. The molecule has 1 N–H and O–H groups in total. The van der Waals surface area contributed by atoms with Crippen LogP contribution in [0.25, 0.3) is 6.08 Å². The van der Waals surface area contributed by atoms with Crippen LogP contribution in [-0.4, -0.2) is 19.1 Å². The Hall–Kier alpha value is -1.77. The van der Waals surface area contributed by atoms with E-state index >= 15 is 0 Å². The molecule has 0 fully saturated rings. The molecule has 20 heavy (non-hydrogen) atoms. The first kappa shape index (κ1) is 16.3. The number of ether oxygens (including phenoxy) is 1. The molecule has 0 aromatic heterocycles. The highest BCUT2D eigenvalue weighted by atomic mass is 16.5. The van der Waals surface area contributed by atoms with Crippen LogP contribution in [0.15, 0.2) is 30.3 Å². The minimum atomic E-state index is -0.0537. The quantitative estimate of drug-likeness (QED) is 0.581. The van der Waals surface area contributed by atoms with E-state index < -0.39 is 0 Å². The van der Waals surface area contributed by atoms with Crippen LogP contribution in [0, 0.1) is 5.92 Å². The summed E-state index contributed by atoms with van der Waals surface area (Å²) >= 11 is 0. The lowest BCUT2D eigenvalue weighted by atomic mass is 10.2. The van der Waals surface area contributed by atoms with Crippen LogP contribution in [0.2, 0.25) is 0 Å². The fraction of sp³-hybridized carbons (Fsp3) is 0.471. The van der Waals surface area contributed by atoms with Crippen molar-refractivity contribution in [1.29, 1.82) is 0 Å². The maximum atomic E-state index is 11.5. The van der Waals surface area contributed by atoms with Gasteiger partial charge in [-0.25, -0.2) is 0 Å². The van der Waals surface area contributed by atoms with E-state index in [1.807, 2.05) is 30.3 Å². The molecule has 3 nitrogen and oxygen atoms in total. The van der Waals surface area contributed by atoms with E-state index in [1.54, 1.807) is 6.08 Å². The number of hydrogen-bond acceptors (Lipinski definition) is 2. The lowest BCUT2D eigenvalue weighted by Gasteiger charge is -2.05. The molecule has 1 aromatic carbocycles. The van der Waals surface area contributed by atoms with Crippen LogP contribution in [0.1, 0.15) is 39.2 Å². The summed E-state index contributed by atoms with van der Waals surface area (Å²) < 4.78 is 5.59. The number of amides is 1. The summed E-state index contributed by atoms with van der Waals surface area (Å²) in [5.74, 6) is 1.29. The second kappa shape index (κ2) is 9.18. The molecule has 0 saturated heterocycles. The minimum Gasteiger partial charge on any atom is -0.494 e. The topological polar surface area (TPSA) is 38.3 Å². The molecule has 0 unspecified atom stereocenters. The molecule has 0 spiro atoms. The molecule has 0 heterocycles. The second-order valence-electron chi connectivity index (χ2n) is 5.24. The Labute approximate surface area is 122 Å². The first-order chi connectivity index (χ1) is 9.61. The average Bonchev–Trinajstić information content (AvgIpc) is 2.44. The maximum absolute atomic E-state index is 11.5. The number of unbranched alkanes of at least 4 members (excludes halogenated alkanes) is 1. The number of hydrogen-bond donors (Lipinski definition) is 1. The molecule has 0 aliphatic rings. The third kappa shape index (κ3) is 6.98. The summed E-state index contributed by atoms with van der Waals surface area (Å²) in [5, 5.41) is 2.85. The standard InChI is InChI=1S/C17H25NO2/c1-4-5-12-20-16-9-6-15(7-10-16)8-11-17(19)18-13-14(2)3/h6-11,14H,4-5,12-13H2,1-3H3,(H,18,19)/b11-8+. The summed E-state index contributed by atoms with van der Waals surface area (Å²) in [6.45, 7) is 7.74. The first-order valence-corrected chi connectivity index (χ1v) is 7.30. The third-order valence-electron chi connectivity index (χ3n) is 2.76. The predicted octanol–water partition coefficient (Wildman–Crippen LogP) is 3.65. The average molecular weight is 275 g/mol. The van der Waals surface area contributed by atoms with Crippen molar-refractivity contribution in [2.24, 2.45) is 5.92 Å². The minimum absolute atomic E-state index is 0.0537. The normalized spacial score (nSPS) is 11.0. The molecule has 0 saturated carbocycles. The van der Waals surface area contributed by atoms with E-state index in [2.05, 4.69) is 26.1 Å². The number of benzene rings is 1. The molecule has 1 amide bonds. The van der Waals surface area contributed by atoms with Crippen LogP contribution in [0.4, 0.5) is 0 Å². The van der Waals surface area contributed by atoms with Gasteiger partial charge in [-0.3, -0.25) is 4.79 Å². The Morgan fingerprint density at radius 3 is 2.60 bits per heavy atom. The summed E-state index contributed by atoms with van der Waals surface area (Å²) in [7, 11) is 0. The molecule has 1 rings (SSSR count). The molecular formula is C17H25NO2. The molecule has 0 aliphatic carbocycles. The van der Waals surface area contributed by atoms with Crippen LogP contribution in [0.5, 0.6) is 5.75 Å². The Morgan fingerprint density at radius 2 is 2.00 bits per heavy atom. The van der Waals surface area contributed by atoms with Crippen molar-refractivity contribution in [1.82, 2.24) is 5.32 Å². The zero-order valence-corrected chi connectivity index (χ0v) is 12.7. The van der Waals surface area contributed by atoms with Crippen molar-refractivity contribution >= 4 is 12.0 Å². The van der Waals surface area contributed by atoms with Gasteiger partial charge in [-0.15, -0.1) is 0 Å². The summed E-state index contributed by atoms with van der Waals surface area (Å²) in [6, 6.07) is 7.77.